The van der Waals surface area contributed by atoms with Crippen molar-refractivity contribution in [1.82, 2.24) is 14.7 Å². The van der Waals surface area contributed by atoms with Gasteiger partial charge in [0.2, 0.25) is 0 Å². The maximum Gasteiger partial charge on any atom is 0.0632 e. The Morgan fingerprint density at radius 3 is 2.69 bits per heavy atom. The number of halogens is 1. The fourth-order valence-corrected chi connectivity index (χ4v) is 3.17. The Bertz CT molecular complexity index is 372. The third kappa shape index (κ3) is 2.05. The smallest absolute Gasteiger partial charge is 0.0632 e. The number of rotatable bonds is 2. The zero-order chi connectivity index (χ0) is 11.1. The summed E-state index contributed by atoms with van der Waals surface area (Å²) in [5, 5.41) is 4.41. The lowest BCUT2D eigenvalue weighted by atomic mass is 9.98. The van der Waals surface area contributed by atoms with E-state index in [9.17, 15) is 0 Å². The Morgan fingerprint density at radius 1 is 1.31 bits per heavy atom. The van der Waals surface area contributed by atoms with Gasteiger partial charge in [-0.05, 0) is 48.5 Å². The van der Waals surface area contributed by atoms with Crippen LogP contribution in [0.3, 0.4) is 0 Å². The van der Waals surface area contributed by atoms with Crippen molar-refractivity contribution < 1.29 is 0 Å². The first-order chi connectivity index (χ1) is 7.74. The lowest BCUT2D eigenvalue weighted by Gasteiger charge is -2.37. The predicted molar refractivity (Wildman–Crippen MR) is 67.4 cm³/mol. The average Bonchev–Trinajstić information content (AvgIpc) is 3.01. The van der Waals surface area contributed by atoms with Gasteiger partial charge in [-0.15, -0.1) is 0 Å². The monoisotopic (exact) mass is 283 g/mol. The van der Waals surface area contributed by atoms with Crippen LogP contribution in [0.15, 0.2) is 16.9 Å². The van der Waals surface area contributed by atoms with E-state index >= 15 is 0 Å². The van der Waals surface area contributed by atoms with E-state index in [4.69, 9.17) is 0 Å². The third-order valence-corrected chi connectivity index (χ3v) is 4.27. The van der Waals surface area contributed by atoms with Gasteiger partial charge in [-0.2, -0.15) is 5.10 Å². The van der Waals surface area contributed by atoms with Crippen molar-refractivity contribution >= 4 is 15.9 Å². The molecule has 0 aromatic carbocycles. The van der Waals surface area contributed by atoms with Gasteiger partial charge in [-0.1, -0.05) is 0 Å². The molecule has 3 rings (SSSR count). The van der Waals surface area contributed by atoms with Gasteiger partial charge in [-0.25, -0.2) is 0 Å². The van der Waals surface area contributed by atoms with Crippen LogP contribution in [-0.4, -0.2) is 33.3 Å². The van der Waals surface area contributed by atoms with Gasteiger partial charge in [0.25, 0.3) is 0 Å². The van der Waals surface area contributed by atoms with Crippen LogP contribution in [0, 0.1) is 0 Å². The molecule has 2 fully saturated rings. The quantitative estimate of drug-likeness (QED) is 0.832. The molecular formula is C12H18BrN3. The van der Waals surface area contributed by atoms with E-state index in [0.29, 0.717) is 12.1 Å². The first kappa shape index (κ1) is 10.8. The SMILES string of the molecule is CC1CC(n2cc(Br)cn2)CCN1C1CC1. The number of likely N-dealkylation sites (tertiary alicyclic amines) is 1. The van der Waals surface area contributed by atoms with Crippen LogP contribution in [0.4, 0.5) is 0 Å². The Hall–Kier alpha value is -0.350. The van der Waals surface area contributed by atoms with Crippen LogP contribution in [0.2, 0.25) is 0 Å². The standard InChI is InChI=1S/C12H18BrN3/c1-9-6-12(16-8-10(13)7-14-16)4-5-15(9)11-2-3-11/h7-9,11-12H,2-6H2,1H3. The second-order valence-electron chi connectivity index (χ2n) is 5.13. The number of hydrogen-bond acceptors (Lipinski definition) is 2. The Kier molecular flexibility index (Phi) is 2.80. The molecule has 1 aliphatic carbocycles. The Morgan fingerprint density at radius 2 is 2.12 bits per heavy atom. The van der Waals surface area contributed by atoms with Gasteiger partial charge >= 0.3 is 0 Å². The van der Waals surface area contributed by atoms with E-state index < -0.39 is 0 Å². The molecule has 2 unspecified atom stereocenters. The van der Waals surface area contributed by atoms with Crippen LogP contribution in [0.5, 0.6) is 0 Å². The van der Waals surface area contributed by atoms with E-state index in [2.05, 4.69) is 43.7 Å². The molecule has 0 spiro atoms. The van der Waals surface area contributed by atoms with E-state index in [1.165, 1.54) is 32.2 Å². The van der Waals surface area contributed by atoms with Crippen molar-refractivity contribution in [2.24, 2.45) is 0 Å². The minimum absolute atomic E-state index is 0.594. The van der Waals surface area contributed by atoms with Gasteiger partial charge in [0.15, 0.2) is 0 Å². The highest BCUT2D eigenvalue weighted by Crippen LogP contribution is 2.35. The summed E-state index contributed by atoms with van der Waals surface area (Å²) in [6.07, 6.45) is 9.31. The molecule has 1 saturated carbocycles. The second-order valence-corrected chi connectivity index (χ2v) is 6.05. The molecule has 2 atom stereocenters. The fraction of sp³-hybridized carbons (Fsp3) is 0.750. The van der Waals surface area contributed by atoms with Gasteiger partial charge < -0.3 is 0 Å². The highest BCUT2D eigenvalue weighted by molar-refractivity contribution is 9.10. The molecule has 2 heterocycles. The largest absolute Gasteiger partial charge is 0.298 e. The molecule has 1 saturated heterocycles. The second kappa shape index (κ2) is 4.15. The van der Waals surface area contributed by atoms with Crippen LogP contribution in [0.25, 0.3) is 0 Å². The summed E-state index contributed by atoms with van der Waals surface area (Å²) in [7, 11) is 0. The highest BCUT2D eigenvalue weighted by Gasteiger charge is 2.36. The average molecular weight is 284 g/mol. The topological polar surface area (TPSA) is 21.1 Å². The third-order valence-electron chi connectivity index (χ3n) is 3.86. The highest BCUT2D eigenvalue weighted by atomic mass is 79.9. The first-order valence-electron chi connectivity index (χ1n) is 6.19. The predicted octanol–water partition coefficient (Wildman–Crippen LogP) is 2.83. The molecule has 0 N–H and O–H groups in total. The van der Waals surface area contributed by atoms with Gasteiger partial charge in [0.05, 0.1) is 16.7 Å². The summed E-state index contributed by atoms with van der Waals surface area (Å²) in [5.41, 5.74) is 0. The summed E-state index contributed by atoms with van der Waals surface area (Å²) >= 11 is 3.47. The number of piperidine rings is 1. The molecule has 1 aliphatic heterocycles. The van der Waals surface area contributed by atoms with Crippen LogP contribution >= 0.6 is 15.9 Å². The van der Waals surface area contributed by atoms with E-state index in [-0.39, 0.29) is 0 Å². The van der Waals surface area contributed by atoms with E-state index in [1.807, 2.05) is 6.20 Å². The summed E-state index contributed by atoms with van der Waals surface area (Å²) in [6.45, 7) is 3.61. The van der Waals surface area contributed by atoms with Crippen molar-refractivity contribution in [1.29, 1.82) is 0 Å². The lowest BCUT2D eigenvalue weighted by molar-refractivity contribution is 0.113. The number of aromatic nitrogens is 2. The van der Waals surface area contributed by atoms with Crippen molar-refractivity contribution in [2.45, 2.75) is 50.7 Å². The number of nitrogens with zero attached hydrogens (tertiary/aromatic N) is 3. The summed E-state index contributed by atoms with van der Waals surface area (Å²) < 4.78 is 3.22. The van der Waals surface area contributed by atoms with Gasteiger partial charge in [0.1, 0.15) is 0 Å². The molecule has 3 nitrogen and oxygen atoms in total. The molecule has 1 aromatic rings. The minimum atomic E-state index is 0.594. The molecule has 1 aromatic heterocycles. The summed E-state index contributed by atoms with van der Waals surface area (Å²) in [4.78, 5) is 2.69. The Labute approximate surface area is 105 Å². The summed E-state index contributed by atoms with van der Waals surface area (Å²) in [6, 6.07) is 2.21. The van der Waals surface area contributed by atoms with Crippen molar-refractivity contribution in [3.63, 3.8) is 0 Å². The zero-order valence-electron chi connectivity index (χ0n) is 9.64. The van der Waals surface area contributed by atoms with Crippen molar-refractivity contribution in [3.05, 3.63) is 16.9 Å². The lowest BCUT2D eigenvalue weighted by Crippen LogP contribution is -2.42. The molecule has 16 heavy (non-hydrogen) atoms. The Balaban J connectivity index is 1.67. The first-order valence-corrected chi connectivity index (χ1v) is 6.99. The molecule has 2 aliphatic rings. The maximum atomic E-state index is 4.41. The normalized spacial score (nSPS) is 31.9. The molecule has 4 heteroatoms. The van der Waals surface area contributed by atoms with Crippen molar-refractivity contribution in [3.8, 4) is 0 Å². The van der Waals surface area contributed by atoms with Crippen LogP contribution < -0.4 is 0 Å². The summed E-state index contributed by atoms with van der Waals surface area (Å²) in [5.74, 6) is 0. The molecule has 0 radical (unpaired) electrons. The van der Waals surface area contributed by atoms with Crippen LogP contribution in [0.1, 0.15) is 38.6 Å². The molecular weight excluding hydrogens is 266 g/mol. The molecule has 0 amide bonds. The van der Waals surface area contributed by atoms with Gasteiger partial charge in [0, 0.05) is 24.8 Å². The molecule has 88 valence electrons. The maximum absolute atomic E-state index is 4.41. The minimum Gasteiger partial charge on any atom is -0.298 e. The van der Waals surface area contributed by atoms with Crippen molar-refractivity contribution in [2.75, 3.05) is 6.54 Å². The zero-order valence-corrected chi connectivity index (χ0v) is 11.2. The molecule has 0 bridgehead atoms. The van der Waals surface area contributed by atoms with Gasteiger partial charge in [-0.3, -0.25) is 9.58 Å². The van der Waals surface area contributed by atoms with E-state index in [1.54, 1.807) is 0 Å². The fourth-order valence-electron chi connectivity index (χ4n) is 2.87. The van der Waals surface area contributed by atoms with Crippen LogP contribution in [-0.2, 0) is 0 Å². The van der Waals surface area contributed by atoms with E-state index in [0.717, 1.165) is 10.5 Å². The number of hydrogen-bond donors (Lipinski definition) is 0.